The average Bonchev–Trinajstić information content (AvgIpc) is 2.27. The lowest BCUT2D eigenvalue weighted by molar-refractivity contribution is -0.314. The van der Waals surface area contributed by atoms with E-state index in [-0.39, 0.29) is 24.4 Å². The molecule has 0 bridgehead atoms. The zero-order valence-corrected chi connectivity index (χ0v) is 11.8. The molecule has 2 aliphatic heterocycles. The summed E-state index contributed by atoms with van der Waals surface area (Å²) in [6.07, 6.45) is 0.357. The molecule has 2 rings (SSSR count). The number of rotatable bonds is 2. The molecule has 2 saturated heterocycles. The summed E-state index contributed by atoms with van der Waals surface area (Å²) in [6, 6.07) is 0. The first-order valence-electron chi connectivity index (χ1n) is 4.45. The van der Waals surface area contributed by atoms with Gasteiger partial charge in [0.1, 0.15) is 25.8 Å². The maximum absolute atomic E-state index is 5.54. The van der Waals surface area contributed by atoms with Gasteiger partial charge in [-0.15, -0.1) is 0 Å². The van der Waals surface area contributed by atoms with Crippen LogP contribution in [0.1, 0.15) is 0 Å². The summed E-state index contributed by atoms with van der Waals surface area (Å²) in [4.78, 5) is 0. The van der Waals surface area contributed by atoms with Gasteiger partial charge in [0.05, 0.1) is 12.2 Å². The highest BCUT2D eigenvalue weighted by atomic mass is 127. The molecule has 2 fully saturated rings. The molecule has 6 heteroatoms. The molecule has 4 atom stereocenters. The highest BCUT2D eigenvalue weighted by Crippen LogP contribution is 2.27. The zero-order valence-electron chi connectivity index (χ0n) is 7.53. The molecule has 0 spiro atoms. The third kappa shape index (κ3) is 2.34. The first-order chi connectivity index (χ1) is 6.86. The van der Waals surface area contributed by atoms with Crippen LogP contribution in [0.3, 0.4) is 0 Å². The van der Waals surface area contributed by atoms with E-state index in [0.717, 1.165) is 8.86 Å². The van der Waals surface area contributed by atoms with E-state index in [2.05, 4.69) is 45.2 Å². The Hall–Kier alpha value is 1.30. The summed E-state index contributed by atoms with van der Waals surface area (Å²) in [5.74, 6) is 0. The minimum absolute atomic E-state index is 0.0363. The minimum atomic E-state index is 0.0363. The van der Waals surface area contributed by atoms with E-state index in [1.807, 2.05) is 0 Å². The molecular formula is C8H12I2O4. The first-order valence-corrected chi connectivity index (χ1v) is 7.50. The lowest BCUT2D eigenvalue weighted by atomic mass is 10.0. The molecule has 0 aromatic carbocycles. The van der Waals surface area contributed by atoms with E-state index in [4.69, 9.17) is 18.9 Å². The highest BCUT2D eigenvalue weighted by Gasteiger charge is 2.43. The van der Waals surface area contributed by atoms with E-state index < -0.39 is 0 Å². The maximum atomic E-state index is 5.54. The molecule has 0 N–H and O–H groups in total. The van der Waals surface area contributed by atoms with Gasteiger partial charge >= 0.3 is 0 Å². The van der Waals surface area contributed by atoms with Crippen LogP contribution in [0.2, 0.25) is 0 Å². The number of halogens is 2. The fourth-order valence-corrected chi connectivity index (χ4v) is 3.20. The quantitative estimate of drug-likeness (QED) is 0.494. The van der Waals surface area contributed by atoms with Gasteiger partial charge in [0.25, 0.3) is 0 Å². The molecule has 0 saturated carbocycles. The number of hydrogen-bond acceptors (Lipinski definition) is 4. The Labute approximate surface area is 110 Å². The van der Waals surface area contributed by atoms with E-state index in [1.54, 1.807) is 0 Å². The fraction of sp³-hybridized carbons (Fsp3) is 1.00. The van der Waals surface area contributed by atoms with Crippen molar-refractivity contribution in [3.8, 4) is 0 Å². The number of fused-ring (bicyclic) bond motifs is 1. The normalized spacial score (nSPS) is 43.3. The fourth-order valence-electron chi connectivity index (χ4n) is 1.69. The number of ether oxygens (including phenoxy) is 4. The standard InChI is InChI=1S/C8H12I2O4/c9-1-5-7-8(14-3-11-5)6(2-10)12-4-13-7/h5-8H,1-4H2. The van der Waals surface area contributed by atoms with Gasteiger partial charge in [-0.2, -0.15) is 0 Å². The van der Waals surface area contributed by atoms with Gasteiger partial charge in [-0.25, -0.2) is 0 Å². The van der Waals surface area contributed by atoms with Crippen molar-refractivity contribution in [2.45, 2.75) is 24.4 Å². The summed E-state index contributed by atoms with van der Waals surface area (Å²) in [6.45, 7) is 0.712. The molecule has 2 heterocycles. The van der Waals surface area contributed by atoms with Crippen molar-refractivity contribution in [3.63, 3.8) is 0 Å². The second kappa shape index (κ2) is 5.58. The number of hydrogen-bond donors (Lipinski definition) is 0. The Morgan fingerprint density at radius 1 is 0.786 bits per heavy atom. The molecule has 0 aliphatic carbocycles. The second-order valence-electron chi connectivity index (χ2n) is 3.22. The van der Waals surface area contributed by atoms with Gasteiger partial charge in [-0.1, -0.05) is 45.2 Å². The average molecular weight is 426 g/mol. The summed E-state index contributed by atoms with van der Waals surface area (Å²) in [5.41, 5.74) is 0. The zero-order chi connectivity index (χ0) is 9.97. The van der Waals surface area contributed by atoms with Gasteiger partial charge in [-0.05, 0) is 0 Å². The molecular weight excluding hydrogens is 414 g/mol. The Morgan fingerprint density at radius 2 is 1.21 bits per heavy atom. The van der Waals surface area contributed by atoms with Crippen molar-refractivity contribution in [1.29, 1.82) is 0 Å². The van der Waals surface area contributed by atoms with Crippen LogP contribution in [-0.2, 0) is 18.9 Å². The Morgan fingerprint density at radius 3 is 1.57 bits per heavy atom. The van der Waals surface area contributed by atoms with Crippen molar-refractivity contribution >= 4 is 45.2 Å². The van der Waals surface area contributed by atoms with Crippen LogP contribution in [0.25, 0.3) is 0 Å². The van der Waals surface area contributed by atoms with Crippen LogP contribution >= 0.6 is 45.2 Å². The van der Waals surface area contributed by atoms with Crippen LogP contribution in [-0.4, -0.2) is 46.9 Å². The van der Waals surface area contributed by atoms with Gasteiger partial charge in [0.15, 0.2) is 0 Å². The van der Waals surface area contributed by atoms with Crippen LogP contribution in [0.5, 0.6) is 0 Å². The topological polar surface area (TPSA) is 36.9 Å². The van der Waals surface area contributed by atoms with Crippen LogP contribution in [0.15, 0.2) is 0 Å². The smallest absolute Gasteiger partial charge is 0.147 e. The summed E-state index contributed by atoms with van der Waals surface area (Å²) >= 11 is 4.62. The van der Waals surface area contributed by atoms with Crippen LogP contribution in [0, 0.1) is 0 Å². The molecule has 14 heavy (non-hydrogen) atoms. The largest absolute Gasteiger partial charge is 0.349 e. The van der Waals surface area contributed by atoms with Gasteiger partial charge in [0, 0.05) is 8.86 Å². The summed E-state index contributed by atoms with van der Waals surface area (Å²) in [7, 11) is 0. The molecule has 0 aromatic heterocycles. The Kier molecular flexibility index (Phi) is 4.69. The van der Waals surface area contributed by atoms with Crippen molar-refractivity contribution in [1.82, 2.24) is 0 Å². The first kappa shape index (κ1) is 11.8. The molecule has 0 aromatic rings. The summed E-state index contributed by atoms with van der Waals surface area (Å²) < 4.78 is 23.9. The molecule has 0 radical (unpaired) electrons. The molecule has 2 aliphatic rings. The molecule has 82 valence electrons. The van der Waals surface area contributed by atoms with Crippen molar-refractivity contribution in [3.05, 3.63) is 0 Å². The van der Waals surface area contributed by atoms with Crippen LogP contribution in [0.4, 0.5) is 0 Å². The molecule has 4 nitrogen and oxygen atoms in total. The third-order valence-electron chi connectivity index (χ3n) is 2.45. The Balaban J connectivity index is 2.04. The van der Waals surface area contributed by atoms with E-state index >= 15 is 0 Å². The monoisotopic (exact) mass is 426 g/mol. The lowest BCUT2D eigenvalue weighted by Gasteiger charge is -2.43. The SMILES string of the molecule is ICC1OCOC2C(CI)OCOC12. The second-order valence-corrected chi connectivity index (χ2v) is 4.98. The highest BCUT2D eigenvalue weighted by molar-refractivity contribution is 14.1. The van der Waals surface area contributed by atoms with Gasteiger partial charge in [0.2, 0.25) is 0 Å². The van der Waals surface area contributed by atoms with E-state index in [9.17, 15) is 0 Å². The van der Waals surface area contributed by atoms with E-state index in [0.29, 0.717) is 13.6 Å². The van der Waals surface area contributed by atoms with E-state index in [1.165, 1.54) is 0 Å². The minimum Gasteiger partial charge on any atom is -0.349 e. The van der Waals surface area contributed by atoms with Gasteiger partial charge in [-0.3, -0.25) is 0 Å². The molecule has 0 amide bonds. The molecule has 4 unspecified atom stereocenters. The number of alkyl halides is 2. The van der Waals surface area contributed by atoms with Crippen LogP contribution < -0.4 is 0 Å². The predicted molar refractivity (Wildman–Crippen MR) is 67.0 cm³/mol. The lowest BCUT2D eigenvalue weighted by Crippen LogP contribution is -2.57. The Bertz CT molecular complexity index is 172. The predicted octanol–water partition coefficient (Wildman–Crippen LogP) is 1.34. The van der Waals surface area contributed by atoms with Crippen molar-refractivity contribution < 1.29 is 18.9 Å². The summed E-state index contributed by atoms with van der Waals surface area (Å²) in [5, 5.41) is 0. The van der Waals surface area contributed by atoms with Crippen molar-refractivity contribution in [2.75, 3.05) is 22.4 Å². The third-order valence-corrected chi connectivity index (χ3v) is 4.18. The maximum Gasteiger partial charge on any atom is 0.147 e. The van der Waals surface area contributed by atoms with Crippen molar-refractivity contribution in [2.24, 2.45) is 0 Å². The van der Waals surface area contributed by atoms with Gasteiger partial charge < -0.3 is 18.9 Å².